The maximum absolute atomic E-state index is 12.6. The number of aryl methyl sites for hydroxylation is 1. The number of carbonyl (C=O) groups excluding carboxylic acids is 1. The van der Waals surface area contributed by atoms with Crippen LogP contribution in [-0.4, -0.2) is 49.9 Å². The highest BCUT2D eigenvalue weighted by Crippen LogP contribution is 2.39. The monoisotopic (exact) mass is 324 g/mol. The van der Waals surface area contributed by atoms with E-state index in [0.29, 0.717) is 23.6 Å². The van der Waals surface area contributed by atoms with Crippen molar-refractivity contribution in [3.63, 3.8) is 0 Å². The molecule has 1 saturated carbocycles. The van der Waals surface area contributed by atoms with Gasteiger partial charge in [0.15, 0.2) is 0 Å². The van der Waals surface area contributed by atoms with Gasteiger partial charge in [0.25, 0.3) is 5.91 Å². The molecule has 1 aliphatic carbocycles. The molecule has 24 heavy (non-hydrogen) atoms. The summed E-state index contributed by atoms with van der Waals surface area (Å²) in [7, 11) is 0. The average molecular weight is 324 g/mol. The van der Waals surface area contributed by atoms with Crippen LogP contribution in [0.15, 0.2) is 31.0 Å². The third-order valence-corrected chi connectivity index (χ3v) is 5.04. The molecule has 0 radical (unpaired) electrons. The minimum absolute atomic E-state index is 0.0184. The molecule has 2 aliphatic rings. The Morgan fingerprint density at radius 2 is 2.04 bits per heavy atom. The minimum atomic E-state index is -0.0184. The van der Waals surface area contributed by atoms with Gasteiger partial charge < -0.3 is 10.2 Å². The van der Waals surface area contributed by atoms with Gasteiger partial charge in [-0.15, -0.1) is 0 Å². The number of nitrogens with one attached hydrogen (secondary N) is 1. The zero-order valence-electron chi connectivity index (χ0n) is 13.6. The normalized spacial score (nSPS) is 25.5. The second-order valence-corrected chi connectivity index (χ2v) is 6.60. The molecule has 1 saturated heterocycles. The van der Waals surface area contributed by atoms with Crippen molar-refractivity contribution in [2.24, 2.45) is 11.8 Å². The molecule has 0 unspecified atom stereocenters. The number of rotatable bonds is 3. The van der Waals surface area contributed by atoms with Crippen molar-refractivity contribution in [3.05, 3.63) is 42.4 Å². The van der Waals surface area contributed by atoms with E-state index in [2.05, 4.69) is 25.3 Å². The number of carbonyl (C=O) groups is 1. The van der Waals surface area contributed by atoms with Gasteiger partial charge in [-0.3, -0.25) is 14.8 Å². The average Bonchev–Trinajstić information content (AvgIpc) is 3.18. The molecule has 7 nitrogen and oxygen atoms in total. The Labute approximate surface area is 140 Å². The van der Waals surface area contributed by atoms with E-state index < -0.39 is 0 Å². The van der Waals surface area contributed by atoms with E-state index >= 15 is 0 Å². The van der Waals surface area contributed by atoms with Crippen LogP contribution in [0.4, 0.5) is 5.82 Å². The molecule has 2 aromatic heterocycles. The second-order valence-electron chi connectivity index (χ2n) is 6.60. The number of hydrogen-bond donors (Lipinski definition) is 1. The molecular weight excluding hydrogens is 304 g/mol. The summed E-state index contributed by atoms with van der Waals surface area (Å²) >= 11 is 0. The molecule has 1 N–H and O–H groups in total. The molecule has 0 aromatic carbocycles. The lowest BCUT2D eigenvalue weighted by atomic mass is 9.98. The smallest absolute Gasteiger partial charge is 0.274 e. The van der Waals surface area contributed by atoms with Gasteiger partial charge in [-0.05, 0) is 25.7 Å². The Balaban J connectivity index is 1.44. The molecule has 3 atom stereocenters. The number of aromatic nitrogens is 4. The fraction of sp³-hybridized carbons (Fsp3) is 0.471. The van der Waals surface area contributed by atoms with E-state index in [1.54, 1.807) is 31.0 Å². The van der Waals surface area contributed by atoms with Crippen LogP contribution in [0.3, 0.4) is 0 Å². The van der Waals surface area contributed by atoms with E-state index in [1.807, 2.05) is 11.8 Å². The number of nitrogens with zero attached hydrogens (tertiary/aromatic N) is 5. The van der Waals surface area contributed by atoms with E-state index in [4.69, 9.17) is 0 Å². The van der Waals surface area contributed by atoms with Crippen molar-refractivity contribution < 1.29 is 4.79 Å². The van der Waals surface area contributed by atoms with Gasteiger partial charge in [-0.2, -0.15) is 0 Å². The summed E-state index contributed by atoms with van der Waals surface area (Å²) in [5.74, 6) is 1.78. The third kappa shape index (κ3) is 2.81. The van der Waals surface area contributed by atoms with Gasteiger partial charge in [0.1, 0.15) is 11.5 Å². The lowest BCUT2D eigenvalue weighted by Crippen LogP contribution is -2.33. The molecule has 0 bridgehead atoms. The van der Waals surface area contributed by atoms with Crippen LogP contribution in [0, 0.1) is 18.8 Å². The van der Waals surface area contributed by atoms with E-state index in [-0.39, 0.29) is 5.91 Å². The first-order chi connectivity index (χ1) is 11.7. The van der Waals surface area contributed by atoms with Crippen molar-refractivity contribution in [3.8, 4) is 0 Å². The predicted molar refractivity (Wildman–Crippen MR) is 88.3 cm³/mol. The van der Waals surface area contributed by atoms with Gasteiger partial charge in [0, 0.05) is 43.6 Å². The van der Waals surface area contributed by atoms with Gasteiger partial charge in [0.2, 0.25) is 0 Å². The number of hydrogen-bond acceptors (Lipinski definition) is 6. The Bertz CT molecular complexity index is 720. The Hall–Kier alpha value is -2.57. The fourth-order valence-electron chi connectivity index (χ4n) is 3.84. The molecule has 1 aliphatic heterocycles. The highest BCUT2D eigenvalue weighted by Gasteiger charge is 2.44. The van der Waals surface area contributed by atoms with Crippen LogP contribution >= 0.6 is 0 Å². The zero-order chi connectivity index (χ0) is 16.5. The topological polar surface area (TPSA) is 83.9 Å². The highest BCUT2D eigenvalue weighted by atomic mass is 16.2. The largest absolute Gasteiger partial charge is 0.366 e. The molecule has 2 fully saturated rings. The van der Waals surface area contributed by atoms with Crippen LogP contribution in [0.25, 0.3) is 0 Å². The standard InChI is InChI=1S/C17H20N6O/c1-11-6-21-15(7-20-11)17(24)23-9-12-2-3-14(13(12)10-23)22-16-8-18-4-5-19-16/h4-8,12-14H,2-3,9-10H2,1H3,(H,19,22)/t12-,13+,14-/m1/s1. The molecule has 1 amide bonds. The third-order valence-electron chi connectivity index (χ3n) is 5.04. The summed E-state index contributed by atoms with van der Waals surface area (Å²) in [6, 6.07) is 0.341. The van der Waals surface area contributed by atoms with Crippen LogP contribution in [0.2, 0.25) is 0 Å². The first-order valence-corrected chi connectivity index (χ1v) is 8.31. The molecule has 124 valence electrons. The number of likely N-dealkylation sites (tertiary alicyclic amines) is 1. The summed E-state index contributed by atoms with van der Waals surface area (Å²) in [6.45, 7) is 3.43. The molecule has 2 aromatic rings. The van der Waals surface area contributed by atoms with E-state index in [1.165, 1.54) is 0 Å². The minimum Gasteiger partial charge on any atom is -0.366 e. The van der Waals surface area contributed by atoms with Gasteiger partial charge in [-0.1, -0.05) is 0 Å². The Morgan fingerprint density at radius 3 is 2.79 bits per heavy atom. The summed E-state index contributed by atoms with van der Waals surface area (Å²) in [6.07, 6.45) is 10.6. The van der Waals surface area contributed by atoms with Crippen LogP contribution in [0.5, 0.6) is 0 Å². The highest BCUT2D eigenvalue weighted by molar-refractivity contribution is 5.92. The Kier molecular flexibility index (Phi) is 3.84. The predicted octanol–water partition coefficient (Wildman–Crippen LogP) is 1.54. The molecule has 3 heterocycles. The molecule has 7 heteroatoms. The second kappa shape index (κ2) is 6.14. The number of fused-ring (bicyclic) bond motifs is 1. The lowest BCUT2D eigenvalue weighted by molar-refractivity contribution is 0.0773. The van der Waals surface area contributed by atoms with Crippen molar-refractivity contribution in [1.29, 1.82) is 0 Å². The summed E-state index contributed by atoms with van der Waals surface area (Å²) < 4.78 is 0. The van der Waals surface area contributed by atoms with Crippen molar-refractivity contribution in [1.82, 2.24) is 24.8 Å². The van der Waals surface area contributed by atoms with Crippen molar-refractivity contribution >= 4 is 11.7 Å². The van der Waals surface area contributed by atoms with Crippen molar-refractivity contribution in [2.75, 3.05) is 18.4 Å². The molecular formula is C17H20N6O. The number of amides is 1. The van der Waals surface area contributed by atoms with E-state index in [9.17, 15) is 4.79 Å². The summed E-state index contributed by atoms with van der Waals surface area (Å²) in [4.78, 5) is 31.3. The van der Waals surface area contributed by atoms with Crippen LogP contribution in [-0.2, 0) is 0 Å². The van der Waals surface area contributed by atoms with Gasteiger partial charge >= 0.3 is 0 Å². The molecule has 4 rings (SSSR count). The quantitative estimate of drug-likeness (QED) is 0.922. The number of anilines is 1. The zero-order valence-corrected chi connectivity index (χ0v) is 13.6. The van der Waals surface area contributed by atoms with Gasteiger partial charge in [0.05, 0.1) is 18.1 Å². The first kappa shape index (κ1) is 15.0. The van der Waals surface area contributed by atoms with E-state index in [0.717, 1.165) is 37.4 Å². The lowest BCUT2D eigenvalue weighted by Gasteiger charge is -2.22. The van der Waals surface area contributed by atoms with Crippen LogP contribution < -0.4 is 5.32 Å². The molecule has 0 spiro atoms. The summed E-state index contributed by atoms with van der Waals surface area (Å²) in [5.41, 5.74) is 1.25. The van der Waals surface area contributed by atoms with Gasteiger partial charge in [-0.25, -0.2) is 9.97 Å². The first-order valence-electron chi connectivity index (χ1n) is 8.31. The Morgan fingerprint density at radius 1 is 1.12 bits per heavy atom. The SMILES string of the molecule is Cc1cnc(C(=O)N2C[C@H]3CC[C@@H](Nc4cnccn4)[C@H]3C2)cn1. The maximum atomic E-state index is 12.6. The summed E-state index contributed by atoms with van der Waals surface area (Å²) in [5, 5.41) is 3.48. The fourth-order valence-corrected chi connectivity index (χ4v) is 3.84. The van der Waals surface area contributed by atoms with Crippen molar-refractivity contribution in [2.45, 2.75) is 25.8 Å². The maximum Gasteiger partial charge on any atom is 0.274 e. The van der Waals surface area contributed by atoms with Crippen LogP contribution in [0.1, 0.15) is 29.0 Å².